The largest absolute Gasteiger partial charge is 0.497 e. The Labute approximate surface area is 177 Å². The van der Waals surface area contributed by atoms with Gasteiger partial charge < -0.3 is 25.4 Å². The maximum Gasteiger partial charge on any atom is 0.193 e. The van der Waals surface area contributed by atoms with Crippen LogP contribution in [0.5, 0.6) is 11.5 Å². The number of fused-ring (bicyclic) bond motifs is 1. The van der Waals surface area contributed by atoms with Crippen LogP contribution in [0.2, 0.25) is 0 Å². The number of methoxy groups -OCH3 is 2. The number of nitrogens with zero attached hydrogens (tertiary/aromatic N) is 2. The normalized spacial score (nSPS) is 15.7. The van der Waals surface area contributed by atoms with Gasteiger partial charge in [-0.05, 0) is 37.1 Å². The van der Waals surface area contributed by atoms with Gasteiger partial charge in [0.2, 0.25) is 0 Å². The number of aliphatic imine (C=N–C) groups is 1. The lowest BCUT2D eigenvalue weighted by atomic mass is 10.1. The fourth-order valence-electron chi connectivity index (χ4n) is 3.34. The zero-order chi connectivity index (χ0) is 18.5. The van der Waals surface area contributed by atoms with E-state index in [4.69, 9.17) is 15.2 Å². The third-order valence-corrected chi connectivity index (χ3v) is 4.64. The molecule has 1 heterocycles. The molecule has 1 aliphatic rings. The summed E-state index contributed by atoms with van der Waals surface area (Å²) in [5.74, 6) is 1.77. The van der Waals surface area contributed by atoms with E-state index >= 15 is 0 Å². The maximum absolute atomic E-state index is 6.06. The molecule has 6 nitrogen and oxygen atoms in total. The number of rotatable bonds is 6. The van der Waals surface area contributed by atoms with Gasteiger partial charge >= 0.3 is 0 Å². The minimum Gasteiger partial charge on any atom is -0.497 e. The number of benzene rings is 2. The topological polar surface area (TPSA) is 72.1 Å². The van der Waals surface area contributed by atoms with Crippen molar-refractivity contribution in [1.29, 1.82) is 0 Å². The molecular formula is C20H27IN4O2. The van der Waals surface area contributed by atoms with E-state index in [2.05, 4.69) is 46.4 Å². The van der Waals surface area contributed by atoms with Crippen molar-refractivity contribution in [3.63, 3.8) is 0 Å². The van der Waals surface area contributed by atoms with Crippen molar-refractivity contribution in [3.8, 4) is 11.5 Å². The van der Waals surface area contributed by atoms with Crippen LogP contribution in [0.4, 0.5) is 11.4 Å². The van der Waals surface area contributed by atoms with E-state index in [0.29, 0.717) is 24.3 Å². The van der Waals surface area contributed by atoms with Gasteiger partial charge in [-0.3, -0.25) is 4.99 Å². The van der Waals surface area contributed by atoms with Crippen LogP contribution in [0.25, 0.3) is 0 Å². The van der Waals surface area contributed by atoms with E-state index in [1.54, 1.807) is 14.2 Å². The minimum atomic E-state index is 0. The fraction of sp³-hybridized carbons (Fsp3) is 0.350. The summed E-state index contributed by atoms with van der Waals surface area (Å²) in [5, 5.41) is 3.10. The predicted octanol–water partition coefficient (Wildman–Crippen LogP) is 3.50. The summed E-state index contributed by atoms with van der Waals surface area (Å²) in [4.78, 5) is 6.85. The Bertz CT molecular complexity index is 797. The Kier molecular flexibility index (Phi) is 7.58. The van der Waals surface area contributed by atoms with Crippen LogP contribution in [0, 0.1) is 0 Å². The van der Waals surface area contributed by atoms with Crippen LogP contribution in [0.1, 0.15) is 12.5 Å². The number of nitrogens with two attached hydrogens (primary N) is 1. The smallest absolute Gasteiger partial charge is 0.193 e. The Morgan fingerprint density at radius 3 is 2.74 bits per heavy atom. The molecule has 1 atom stereocenters. The van der Waals surface area contributed by atoms with Crippen molar-refractivity contribution >= 4 is 41.3 Å². The van der Waals surface area contributed by atoms with Crippen LogP contribution >= 0.6 is 24.0 Å². The Morgan fingerprint density at radius 2 is 2.00 bits per heavy atom. The van der Waals surface area contributed by atoms with E-state index in [-0.39, 0.29) is 24.0 Å². The highest BCUT2D eigenvalue weighted by atomic mass is 127. The number of hydrogen-bond donors (Lipinski definition) is 2. The quantitative estimate of drug-likeness (QED) is 0.375. The second kappa shape index (κ2) is 9.68. The van der Waals surface area contributed by atoms with Gasteiger partial charge in [0.1, 0.15) is 11.5 Å². The number of anilines is 2. The van der Waals surface area contributed by atoms with E-state index in [0.717, 1.165) is 24.4 Å². The first-order valence-corrected chi connectivity index (χ1v) is 8.76. The first kappa shape index (κ1) is 21.1. The third-order valence-electron chi connectivity index (χ3n) is 4.64. The molecule has 3 rings (SSSR count). The molecule has 0 spiro atoms. The molecule has 0 aromatic heterocycles. The van der Waals surface area contributed by atoms with Crippen molar-refractivity contribution in [1.82, 2.24) is 0 Å². The van der Waals surface area contributed by atoms with Gasteiger partial charge in [-0.1, -0.05) is 18.2 Å². The summed E-state index contributed by atoms with van der Waals surface area (Å²) in [7, 11) is 3.24. The van der Waals surface area contributed by atoms with Crippen LogP contribution in [0.3, 0.4) is 0 Å². The summed E-state index contributed by atoms with van der Waals surface area (Å²) in [6.07, 6.45) is 1.08. The van der Waals surface area contributed by atoms with Crippen molar-refractivity contribution in [2.75, 3.05) is 37.5 Å². The number of nitrogens with one attached hydrogen (secondary N) is 1. The molecule has 1 aliphatic heterocycles. The van der Waals surface area contributed by atoms with Crippen molar-refractivity contribution < 1.29 is 9.47 Å². The van der Waals surface area contributed by atoms with Crippen molar-refractivity contribution in [2.24, 2.45) is 10.7 Å². The van der Waals surface area contributed by atoms with E-state index in [9.17, 15) is 0 Å². The summed E-state index contributed by atoms with van der Waals surface area (Å²) in [5.41, 5.74) is 9.49. The summed E-state index contributed by atoms with van der Waals surface area (Å²) in [6.45, 7) is 3.69. The standard InChI is InChI=1S/C20H26N4O2.HI/c1-14-12-15-6-4-5-7-18(15)24(14)11-10-22-20(21)23-17-13-16(25-2)8-9-19(17)26-3;/h4-9,13-14H,10-12H2,1-3H3,(H3,21,22,23);1H. The molecule has 2 aromatic carbocycles. The maximum atomic E-state index is 6.06. The van der Waals surface area contributed by atoms with Gasteiger partial charge in [0.25, 0.3) is 0 Å². The van der Waals surface area contributed by atoms with Crippen molar-refractivity contribution in [3.05, 3.63) is 48.0 Å². The second-order valence-corrected chi connectivity index (χ2v) is 6.33. The Hall–Kier alpha value is -2.16. The lowest BCUT2D eigenvalue weighted by Gasteiger charge is -2.24. The molecule has 1 unspecified atom stereocenters. The Morgan fingerprint density at radius 1 is 1.22 bits per heavy atom. The Balaban J connectivity index is 0.00000261. The average molecular weight is 482 g/mol. The van der Waals surface area contributed by atoms with Gasteiger partial charge in [-0.25, -0.2) is 0 Å². The monoisotopic (exact) mass is 482 g/mol. The molecular weight excluding hydrogens is 455 g/mol. The van der Waals surface area contributed by atoms with Crippen LogP contribution in [-0.4, -0.2) is 39.3 Å². The molecule has 27 heavy (non-hydrogen) atoms. The summed E-state index contributed by atoms with van der Waals surface area (Å²) in [6, 6.07) is 14.5. The highest BCUT2D eigenvalue weighted by molar-refractivity contribution is 14.0. The molecule has 0 amide bonds. The number of halogens is 1. The van der Waals surface area contributed by atoms with Crippen LogP contribution in [0.15, 0.2) is 47.5 Å². The molecule has 7 heteroatoms. The molecule has 3 N–H and O–H groups in total. The van der Waals surface area contributed by atoms with Crippen LogP contribution < -0.4 is 25.4 Å². The van der Waals surface area contributed by atoms with Crippen LogP contribution in [-0.2, 0) is 6.42 Å². The number of hydrogen-bond acceptors (Lipinski definition) is 4. The first-order chi connectivity index (χ1) is 12.6. The summed E-state index contributed by atoms with van der Waals surface area (Å²) < 4.78 is 10.6. The van der Waals surface area contributed by atoms with E-state index in [1.165, 1.54) is 11.3 Å². The zero-order valence-corrected chi connectivity index (χ0v) is 18.3. The zero-order valence-electron chi connectivity index (χ0n) is 15.9. The molecule has 2 aromatic rings. The average Bonchev–Trinajstić information content (AvgIpc) is 2.97. The molecule has 0 radical (unpaired) electrons. The van der Waals surface area contributed by atoms with Gasteiger partial charge in [0, 0.05) is 24.3 Å². The third kappa shape index (κ3) is 4.97. The highest BCUT2D eigenvalue weighted by Gasteiger charge is 2.24. The second-order valence-electron chi connectivity index (χ2n) is 6.33. The number of para-hydroxylation sites is 1. The van der Waals surface area contributed by atoms with Gasteiger partial charge in [0.15, 0.2) is 5.96 Å². The molecule has 0 saturated carbocycles. The highest BCUT2D eigenvalue weighted by Crippen LogP contribution is 2.31. The van der Waals surface area contributed by atoms with E-state index < -0.39 is 0 Å². The number of guanidine groups is 1. The number of ether oxygens (including phenoxy) is 2. The molecule has 0 saturated heterocycles. The summed E-state index contributed by atoms with van der Waals surface area (Å²) >= 11 is 0. The molecule has 0 aliphatic carbocycles. The molecule has 146 valence electrons. The lowest BCUT2D eigenvalue weighted by molar-refractivity contribution is 0.405. The fourth-order valence-corrected chi connectivity index (χ4v) is 3.34. The predicted molar refractivity (Wildman–Crippen MR) is 122 cm³/mol. The molecule has 0 bridgehead atoms. The molecule has 0 fully saturated rings. The van der Waals surface area contributed by atoms with Gasteiger partial charge in [-0.2, -0.15) is 0 Å². The van der Waals surface area contributed by atoms with E-state index in [1.807, 2.05) is 18.2 Å². The lowest BCUT2D eigenvalue weighted by Crippen LogP contribution is -2.32. The van der Waals surface area contributed by atoms with Crippen molar-refractivity contribution in [2.45, 2.75) is 19.4 Å². The van der Waals surface area contributed by atoms with Gasteiger partial charge in [0.05, 0.1) is 26.5 Å². The van der Waals surface area contributed by atoms with Gasteiger partial charge in [-0.15, -0.1) is 24.0 Å². The first-order valence-electron chi connectivity index (χ1n) is 8.76. The minimum absolute atomic E-state index is 0. The SMILES string of the molecule is COc1ccc(OC)c(NC(N)=NCCN2c3ccccc3CC2C)c1.I.